The molecule has 1 aliphatic heterocycles. The zero-order valence-electron chi connectivity index (χ0n) is 13.5. The SMILES string of the molecule is Cc1ccc2c(c1)C(CC(=O)c1ccccc1)c1ccccc1O2. The number of Topliss-reactive ketones (excluding diaryl/α,β-unsaturated/α-hetero) is 1. The number of hydrogen-bond donors (Lipinski definition) is 0. The minimum atomic E-state index is 0.0255. The number of rotatable bonds is 3. The Hall–Kier alpha value is -2.87. The van der Waals surface area contributed by atoms with E-state index in [1.807, 2.05) is 60.7 Å². The van der Waals surface area contributed by atoms with Crippen molar-refractivity contribution in [1.29, 1.82) is 0 Å². The maximum absolute atomic E-state index is 12.8. The largest absolute Gasteiger partial charge is 0.457 e. The second-order valence-corrected chi connectivity index (χ2v) is 6.23. The molecular formula is C22H18O2. The molecule has 1 unspecified atom stereocenters. The summed E-state index contributed by atoms with van der Waals surface area (Å²) in [7, 11) is 0. The Bertz CT molecular complexity index is 897. The van der Waals surface area contributed by atoms with Crippen molar-refractivity contribution in [3.05, 3.63) is 95.1 Å². The van der Waals surface area contributed by atoms with Gasteiger partial charge >= 0.3 is 0 Å². The summed E-state index contributed by atoms with van der Waals surface area (Å²) in [5.74, 6) is 1.88. The number of carbonyl (C=O) groups is 1. The van der Waals surface area contributed by atoms with Crippen LogP contribution in [0.1, 0.15) is 39.4 Å². The number of benzene rings is 3. The van der Waals surface area contributed by atoms with Crippen LogP contribution in [0.2, 0.25) is 0 Å². The van der Waals surface area contributed by atoms with Gasteiger partial charge in [0, 0.05) is 29.0 Å². The summed E-state index contributed by atoms with van der Waals surface area (Å²) in [6.45, 7) is 2.07. The third-order valence-corrected chi connectivity index (χ3v) is 4.54. The van der Waals surface area contributed by atoms with Crippen LogP contribution < -0.4 is 4.74 Å². The Kier molecular flexibility index (Phi) is 3.66. The monoisotopic (exact) mass is 314 g/mol. The van der Waals surface area contributed by atoms with Gasteiger partial charge in [0.05, 0.1) is 0 Å². The Morgan fingerprint density at radius 2 is 1.58 bits per heavy atom. The maximum atomic E-state index is 12.8. The van der Waals surface area contributed by atoms with Crippen molar-refractivity contribution in [2.75, 3.05) is 0 Å². The molecule has 2 heteroatoms. The Balaban J connectivity index is 1.77. The molecule has 24 heavy (non-hydrogen) atoms. The van der Waals surface area contributed by atoms with Gasteiger partial charge in [0.25, 0.3) is 0 Å². The first-order chi connectivity index (χ1) is 11.7. The van der Waals surface area contributed by atoms with Crippen LogP contribution in [0.5, 0.6) is 11.5 Å². The second kappa shape index (κ2) is 5.97. The van der Waals surface area contributed by atoms with E-state index < -0.39 is 0 Å². The van der Waals surface area contributed by atoms with Crippen molar-refractivity contribution in [2.45, 2.75) is 19.3 Å². The normalized spacial score (nSPS) is 15.1. The number of para-hydroxylation sites is 1. The molecule has 4 rings (SSSR count). The van der Waals surface area contributed by atoms with E-state index >= 15 is 0 Å². The molecule has 1 heterocycles. The Morgan fingerprint density at radius 1 is 0.875 bits per heavy atom. The minimum Gasteiger partial charge on any atom is -0.457 e. The molecule has 2 nitrogen and oxygen atoms in total. The van der Waals surface area contributed by atoms with Crippen LogP contribution >= 0.6 is 0 Å². The lowest BCUT2D eigenvalue weighted by Crippen LogP contribution is -2.14. The molecule has 3 aromatic rings. The molecule has 0 N–H and O–H groups in total. The quantitative estimate of drug-likeness (QED) is 0.596. The van der Waals surface area contributed by atoms with Crippen LogP contribution in [0.25, 0.3) is 0 Å². The Morgan fingerprint density at radius 3 is 2.42 bits per heavy atom. The number of fused-ring (bicyclic) bond motifs is 2. The molecule has 0 fully saturated rings. The van der Waals surface area contributed by atoms with Crippen molar-refractivity contribution in [1.82, 2.24) is 0 Å². The van der Waals surface area contributed by atoms with E-state index in [-0.39, 0.29) is 11.7 Å². The summed E-state index contributed by atoms with van der Waals surface area (Å²) >= 11 is 0. The van der Waals surface area contributed by atoms with Crippen molar-refractivity contribution in [3.63, 3.8) is 0 Å². The van der Waals surface area contributed by atoms with E-state index in [1.54, 1.807) is 0 Å². The van der Waals surface area contributed by atoms with Gasteiger partial charge in [-0.15, -0.1) is 0 Å². The predicted octanol–water partition coefficient (Wildman–Crippen LogP) is 5.51. The first kappa shape index (κ1) is 14.7. The fraction of sp³-hybridized carbons (Fsp3) is 0.136. The van der Waals surface area contributed by atoms with Crippen molar-refractivity contribution in [3.8, 4) is 11.5 Å². The van der Waals surface area contributed by atoms with E-state index in [0.29, 0.717) is 6.42 Å². The average molecular weight is 314 g/mol. The van der Waals surface area contributed by atoms with E-state index in [4.69, 9.17) is 4.74 Å². The summed E-state index contributed by atoms with van der Waals surface area (Å²) in [6, 6.07) is 23.7. The molecule has 1 atom stereocenters. The Labute approximate surface area is 141 Å². The standard InChI is InChI=1S/C22H18O2/c1-15-11-12-22-19(13-15)18(17-9-5-6-10-21(17)24-22)14-20(23)16-7-3-2-4-8-16/h2-13,18H,14H2,1H3. The van der Waals surface area contributed by atoms with Gasteiger partial charge in [-0.2, -0.15) is 0 Å². The zero-order chi connectivity index (χ0) is 16.5. The topological polar surface area (TPSA) is 26.3 Å². The summed E-state index contributed by atoms with van der Waals surface area (Å²) in [5, 5.41) is 0. The number of aryl methyl sites for hydroxylation is 1. The molecule has 0 aromatic heterocycles. The van der Waals surface area contributed by atoms with Crippen LogP contribution in [0.15, 0.2) is 72.8 Å². The summed E-state index contributed by atoms with van der Waals surface area (Å²) in [5.41, 5.74) is 4.11. The van der Waals surface area contributed by atoms with Gasteiger partial charge in [-0.3, -0.25) is 4.79 Å². The van der Waals surface area contributed by atoms with Crippen LogP contribution in [-0.2, 0) is 0 Å². The molecule has 0 bridgehead atoms. The summed E-state index contributed by atoms with van der Waals surface area (Å²) in [4.78, 5) is 12.8. The highest BCUT2D eigenvalue weighted by molar-refractivity contribution is 5.97. The van der Waals surface area contributed by atoms with E-state index in [2.05, 4.69) is 19.1 Å². The van der Waals surface area contributed by atoms with Crippen molar-refractivity contribution >= 4 is 5.78 Å². The van der Waals surface area contributed by atoms with Gasteiger partial charge in [-0.1, -0.05) is 66.2 Å². The fourth-order valence-corrected chi connectivity index (χ4v) is 3.33. The third kappa shape index (κ3) is 2.61. The van der Waals surface area contributed by atoms with Crippen LogP contribution in [0.4, 0.5) is 0 Å². The molecule has 3 aromatic carbocycles. The number of ketones is 1. The minimum absolute atomic E-state index is 0.0255. The van der Waals surface area contributed by atoms with E-state index in [9.17, 15) is 4.79 Å². The molecule has 0 spiro atoms. The van der Waals surface area contributed by atoms with Gasteiger partial charge in [0.15, 0.2) is 5.78 Å². The van der Waals surface area contributed by atoms with Crippen LogP contribution in [0, 0.1) is 6.92 Å². The number of carbonyl (C=O) groups excluding carboxylic acids is 1. The van der Waals surface area contributed by atoms with Gasteiger partial charge in [-0.05, 0) is 19.1 Å². The fourth-order valence-electron chi connectivity index (χ4n) is 3.33. The lowest BCUT2D eigenvalue weighted by Gasteiger charge is -2.28. The van der Waals surface area contributed by atoms with E-state index in [1.165, 1.54) is 5.56 Å². The maximum Gasteiger partial charge on any atom is 0.163 e. The van der Waals surface area contributed by atoms with Crippen LogP contribution in [0.3, 0.4) is 0 Å². The first-order valence-corrected chi connectivity index (χ1v) is 8.18. The number of ether oxygens (including phenoxy) is 1. The highest BCUT2D eigenvalue weighted by atomic mass is 16.5. The molecular weight excluding hydrogens is 296 g/mol. The summed E-state index contributed by atoms with van der Waals surface area (Å²) < 4.78 is 6.04. The number of hydrogen-bond acceptors (Lipinski definition) is 2. The third-order valence-electron chi connectivity index (χ3n) is 4.54. The predicted molar refractivity (Wildman–Crippen MR) is 94.9 cm³/mol. The summed E-state index contributed by atoms with van der Waals surface area (Å²) in [6.07, 6.45) is 0.445. The van der Waals surface area contributed by atoms with Crippen molar-refractivity contribution in [2.24, 2.45) is 0 Å². The van der Waals surface area contributed by atoms with Crippen molar-refractivity contribution < 1.29 is 9.53 Å². The molecule has 0 saturated carbocycles. The lowest BCUT2D eigenvalue weighted by molar-refractivity contribution is 0.0976. The zero-order valence-corrected chi connectivity index (χ0v) is 13.5. The van der Waals surface area contributed by atoms with Gasteiger partial charge in [0.1, 0.15) is 11.5 Å². The molecule has 0 saturated heterocycles. The molecule has 0 aliphatic carbocycles. The van der Waals surface area contributed by atoms with Gasteiger partial charge < -0.3 is 4.74 Å². The van der Waals surface area contributed by atoms with Gasteiger partial charge in [0.2, 0.25) is 0 Å². The van der Waals surface area contributed by atoms with Crippen LogP contribution in [-0.4, -0.2) is 5.78 Å². The van der Waals surface area contributed by atoms with E-state index in [0.717, 1.165) is 28.2 Å². The highest BCUT2D eigenvalue weighted by Gasteiger charge is 2.29. The molecule has 0 radical (unpaired) electrons. The average Bonchev–Trinajstić information content (AvgIpc) is 2.62. The molecule has 0 amide bonds. The second-order valence-electron chi connectivity index (χ2n) is 6.23. The van der Waals surface area contributed by atoms with Gasteiger partial charge in [-0.25, -0.2) is 0 Å². The molecule has 118 valence electrons. The molecule has 1 aliphatic rings. The smallest absolute Gasteiger partial charge is 0.163 e. The first-order valence-electron chi connectivity index (χ1n) is 8.18. The lowest BCUT2D eigenvalue weighted by atomic mass is 9.83. The highest BCUT2D eigenvalue weighted by Crippen LogP contribution is 2.46.